The summed E-state index contributed by atoms with van der Waals surface area (Å²) in [6.07, 6.45) is 0. The van der Waals surface area contributed by atoms with E-state index in [1.807, 2.05) is 27.8 Å². The SMILES string of the molecule is CCN(C)C(=O)C(Br)C(C)C. The molecule has 0 aliphatic heterocycles. The molecule has 1 amide bonds. The van der Waals surface area contributed by atoms with Crippen LogP contribution in [0.2, 0.25) is 0 Å². The first-order chi connectivity index (χ1) is 5.00. The van der Waals surface area contributed by atoms with Crippen molar-refractivity contribution in [3.05, 3.63) is 0 Å². The Hall–Kier alpha value is -0.0500. The first kappa shape index (κ1) is 11.0. The Labute approximate surface area is 77.1 Å². The van der Waals surface area contributed by atoms with Crippen LogP contribution in [-0.4, -0.2) is 29.2 Å². The third kappa shape index (κ3) is 3.23. The van der Waals surface area contributed by atoms with Crippen molar-refractivity contribution in [3.8, 4) is 0 Å². The zero-order chi connectivity index (χ0) is 9.02. The van der Waals surface area contributed by atoms with Crippen molar-refractivity contribution < 1.29 is 4.79 Å². The van der Waals surface area contributed by atoms with Crippen LogP contribution >= 0.6 is 15.9 Å². The average molecular weight is 222 g/mol. The zero-order valence-corrected chi connectivity index (χ0v) is 9.18. The number of amides is 1. The number of halogens is 1. The van der Waals surface area contributed by atoms with Gasteiger partial charge in [-0.2, -0.15) is 0 Å². The number of hydrogen-bond donors (Lipinski definition) is 0. The minimum Gasteiger partial charge on any atom is -0.345 e. The number of carbonyl (C=O) groups is 1. The molecule has 11 heavy (non-hydrogen) atoms. The summed E-state index contributed by atoms with van der Waals surface area (Å²) in [5.41, 5.74) is 0. The fourth-order valence-corrected chi connectivity index (χ4v) is 1.00. The van der Waals surface area contributed by atoms with Crippen LogP contribution in [0.5, 0.6) is 0 Å². The monoisotopic (exact) mass is 221 g/mol. The van der Waals surface area contributed by atoms with Crippen LogP contribution in [0.4, 0.5) is 0 Å². The van der Waals surface area contributed by atoms with Gasteiger partial charge < -0.3 is 4.90 Å². The molecule has 0 aliphatic rings. The van der Waals surface area contributed by atoms with E-state index >= 15 is 0 Å². The molecule has 1 unspecified atom stereocenters. The van der Waals surface area contributed by atoms with Gasteiger partial charge in [-0.25, -0.2) is 0 Å². The van der Waals surface area contributed by atoms with Crippen molar-refractivity contribution in [1.29, 1.82) is 0 Å². The van der Waals surface area contributed by atoms with Crippen LogP contribution < -0.4 is 0 Å². The van der Waals surface area contributed by atoms with Gasteiger partial charge in [-0.1, -0.05) is 29.8 Å². The van der Waals surface area contributed by atoms with E-state index in [1.54, 1.807) is 4.90 Å². The van der Waals surface area contributed by atoms with Crippen molar-refractivity contribution >= 4 is 21.8 Å². The lowest BCUT2D eigenvalue weighted by Crippen LogP contribution is -2.35. The standard InChI is InChI=1S/C8H16BrNO/c1-5-10(4)8(11)7(9)6(2)3/h6-7H,5H2,1-4H3. The second-order valence-corrected chi connectivity index (χ2v) is 3.98. The summed E-state index contributed by atoms with van der Waals surface area (Å²) < 4.78 is 0. The van der Waals surface area contributed by atoms with Gasteiger partial charge in [-0.15, -0.1) is 0 Å². The second-order valence-electron chi connectivity index (χ2n) is 3.00. The van der Waals surface area contributed by atoms with Gasteiger partial charge in [0.1, 0.15) is 0 Å². The van der Waals surface area contributed by atoms with Crippen LogP contribution in [0.15, 0.2) is 0 Å². The molecule has 0 bridgehead atoms. The fraction of sp³-hybridized carbons (Fsp3) is 0.875. The molecule has 0 aromatic rings. The molecular formula is C8H16BrNO. The summed E-state index contributed by atoms with van der Waals surface area (Å²) in [5.74, 6) is 0.527. The molecule has 0 radical (unpaired) electrons. The average Bonchev–Trinajstić information content (AvgIpc) is 2.00. The normalized spacial score (nSPS) is 13.3. The van der Waals surface area contributed by atoms with Crippen LogP contribution in [0, 0.1) is 5.92 Å². The van der Waals surface area contributed by atoms with E-state index in [2.05, 4.69) is 15.9 Å². The summed E-state index contributed by atoms with van der Waals surface area (Å²) in [4.78, 5) is 13.1. The molecule has 2 nitrogen and oxygen atoms in total. The Morgan fingerprint density at radius 1 is 1.55 bits per heavy atom. The van der Waals surface area contributed by atoms with Gasteiger partial charge in [0.15, 0.2) is 0 Å². The molecule has 0 spiro atoms. The largest absolute Gasteiger partial charge is 0.345 e. The maximum absolute atomic E-state index is 11.4. The highest BCUT2D eigenvalue weighted by molar-refractivity contribution is 9.10. The molecule has 0 saturated carbocycles. The summed E-state index contributed by atoms with van der Waals surface area (Å²) in [6.45, 7) is 6.80. The highest BCUT2D eigenvalue weighted by Crippen LogP contribution is 2.13. The van der Waals surface area contributed by atoms with Crippen LogP contribution in [0.25, 0.3) is 0 Å². The van der Waals surface area contributed by atoms with Crippen LogP contribution in [0.1, 0.15) is 20.8 Å². The van der Waals surface area contributed by atoms with Crippen LogP contribution in [-0.2, 0) is 4.79 Å². The van der Waals surface area contributed by atoms with Gasteiger partial charge in [0.2, 0.25) is 5.91 Å². The van der Waals surface area contributed by atoms with Crippen molar-refractivity contribution in [2.45, 2.75) is 25.6 Å². The van der Waals surface area contributed by atoms with E-state index in [0.29, 0.717) is 5.92 Å². The maximum Gasteiger partial charge on any atom is 0.236 e. The van der Waals surface area contributed by atoms with E-state index in [4.69, 9.17) is 0 Å². The molecule has 0 aromatic carbocycles. The Balaban J connectivity index is 4.02. The molecule has 3 heteroatoms. The topological polar surface area (TPSA) is 20.3 Å². The Morgan fingerprint density at radius 2 is 2.00 bits per heavy atom. The van der Waals surface area contributed by atoms with Gasteiger partial charge in [-0.3, -0.25) is 4.79 Å². The van der Waals surface area contributed by atoms with Crippen LogP contribution in [0.3, 0.4) is 0 Å². The predicted octanol–water partition coefficient (Wildman–Crippen LogP) is 1.88. The fourth-order valence-electron chi connectivity index (χ4n) is 0.652. The minimum absolute atomic E-state index is 0.0348. The smallest absolute Gasteiger partial charge is 0.236 e. The Kier molecular flexibility index (Phi) is 4.73. The molecule has 1 atom stereocenters. The van der Waals surface area contributed by atoms with Gasteiger partial charge >= 0.3 is 0 Å². The lowest BCUT2D eigenvalue weighted by molar-refractivity contribution is -0.129. The van der Waals surface area contributed by atoms with Crippen molar-refractivity contribution in [3.63, 3.8) is 0 Å². The number of nitrogens with zero attached hydrogens (tertiary/aromatic N) is 1. The lowest BCUT2D eigenvalue weighted by atomic mass is 10.1. The Morgan fingerprint density at radius 3 is 2.27 bits per heavy atom. The number of alkyl halides is 1. The third-order valence-corrected chi connectivity index (χ3v) is 3.12. The van der Waals surface area contributed by atoms with Gasteiger partial charge in [0.05, 0.1) is 4.83 Å². The number of rotatable bonds is 3. The second kappa shape index (κ2) is 4.75. The van der Waals surface area contributed by atoms with Crippen molar-refractivity contribution in [2.24, 2.45) is 5.92 Å². The molecule has 66 valence electrons. The highest BCUT2D eigenvalue weighted by Gasteiger charge is 2.20. The van der Waals surface area contributed by atoms with Crippen molar-refractivity contribution in [1.82, 2.24) is 4.90 Å². The number of carbonyl (C=O) groups excluding carboxylic acids is 1. The molecule has 0 fully saturated rings. The molecule has 0 aliphatic carbocycles. The summed E-state index contributed by atoms with van der Waals surface area (Å²) in [5, 5.41) is 0. The van der Waals surface area contributed by atoms with Gasteiger partial charge in [0, 0.05) is 13.6 Å². The maximum atomic E-state index is 11.4. The molecule has 0 rings (SSSR count). The lowest BCUT2D eigenvalue weighted by Gasteiger charge is -2.20. The molecule has 0 N–H and O–H groups in total. The van der Waals surface area contributed by atoms with Gasteiger partial charge in [0.25, 0.3) is 0 Å². The van der Waals surface area contributed by atoms with E-state index in [0.717, 1.165) is 6.54 Å². The Bertz CT molecular complexity index is 136. The molecule has 0 saturated heterocycles. The van der Waals surface area contributed by atoms with E-state index in [9.17, 15) is 4.79 Å². The van der Waals surface area contributed by atoms with E-state index < -0.39 is 0 Å². The summed E-state index contributed by atoms with van der Waals surface area (Å²) >= 11 is 3.36. The third-order valence-electron chi connectivity index (χ3n) is 1.67. The van der Waals surface area contributed by atoms with Gasteiger partial charge in [-0.05, 0) is 12.8 Å². The first-order valence-corrected chi connectivity index (χ1v) is 4.81. The zero-order valence-electron chi connectivity index (χ0n) is 7.60. The summed E-state index contributed by atoms with van der Waals surface area (Å²) in [6, 6.07) is 0. The van der Waals surface area contributed by atoms with Crippen molar-refractivity contribution in [2.75, 3.05) is 13.6 Å². The predicted molar refractivity (Wildman–Crippen MR) is 50.9 cm³/mol. The molecule has 0 aromatic heterocycles. The van der Waals surface area contributed by atoms with E-state index in [-0.39, 0.29) is 10.7 Å². The minimum atomic E-state index is -0.0348. The first-order valence-electron chi connectivity index (χ1n) is 3.89. The highest BCUT2D eigenvalue weighted by atomic mass is 79.9. The molecular weight excluding hydrogens is 206 g/mol. The number of hydrogen-bond acceptors (Lipinski definition) is 1. The van der Waals surface area contributed by atoms with E-state index in [1.165, 1.54) is 0 Å². The quantitative estimate of drug-likeness (QED) is 0.667. The molecule has 0 heterocycles. The summed E-state index contributed by atoms with van der Waals surface area (Å²) in [7, 11) is 1.82.